The lowest BCUT2D eigenvalue weighted by molar-refractivity contribution is 0.0182. The van der Waals surface area contributed by atoms with Crippen molar-refractivity contribution < 1.29 is 5.11 Å². The van der Waals surface area contributed by atoms with Crippen LogP contribution in [0.4, 0.5) is 0 Å². The number of hydrogen-bond acceptors (Lipinski definition) is 2. The van der Waals surface area contributed by atoms with E-state index in [4.69, 9.17) is 5.73 Å². The van der Waals surface area contributed by atoms with E-state index in [-0.39, 0.29) is 11.5 Å². The number of nitrogens with two attached hydrogens (primary N) is 1. The van der Waals surface area contributed by atoms with Crippen molar-refractivity contribution in [3.8, 4) is 0 Å². The fourth-order valence-electron chi connectivity index (χ4n) is 3.25. The molecule has 0 aromatic carbocycles. The molecule has 0 aromatic rings. The van der Waals surface area contributed by atoms with Crippen molar-refractivity contribution in [1.29, 1.82) is 0 Å². The maximum atomic E-state index is 10.4. The summed E-state index contributed by atoms with van der Waals surface area (Å²) in [6, 6.07) is 0. The van der Waals surface area contributed by atoms with Crippen LogP contribution >= 0.6 is 0 Å². The fraction of sp³-hybridized carbons (Fsp3) is 1.00. The van der Waals surface area contributed by atoms with Crippen molar-refractivity contribution in [2.75, 3.05) is 6.54 Å². The van der Waals surface area contributed by atoms with Crippen LogP contribution in [0.2, 0.25) is 0 Å². The Kier molecular flexibility index (Phi) is 2.85. The van der Waals surface area contributed by atoms with E-state index < -0.39 is 0 Å². The highest BCUT2D eigenvalue weighted by Crippen LogP contribution is 2.56. The van der Waals surface area contributed by atoms with Crippen molar-refractivity contribution in [2.24, 2.45) is 23.0 Å². The highest BCUT2D eigenvalue weighted by molar-refractivity contribution is 5.07. The van der Waals surface area contributed by atoms with Gasteiger partial charge in [-0.05, 0) is 31.1 Å². The molecule has 0 amide bonds. The van der Waals surface area contributed by atoms with Gasteiger partial charge < -0.3 is 10.8 Å². The minimum Gasteiger partial charge on any atom is -0.392 e. The Balaban J connectivity index is 1.96. The molecule has 2 heteroatoms. The second-order valence-corrected chi connectivity index (χ2v) is 5.39. The van der Waals surface area contributed by atoms with Crippen molar-refractivity contribution in [1.82, 2.24) is 0 Å². The SMILES string of the molecule is C[C@H]1C[C@]1(CN)[C@@H](O)C1CCCCC1. The van der Waals surface area contributed by atoms with E-state index >= 15 is 0 Å². The zero-order valence-electron chi connectivity index (χ0n) is 9.21. The number of rotatable bonds is 3. The molecule has 2 saturated carbocycles. The van der Waals surface area contributed by atoms with Crippen LogP contribution in [0, 0.1) is 17.3 Å². The van der Waals surface area contributed by atoms with Gasteiger partial charge in [-0.2, -0.15) is 0 Å². The monoisotopic (exact) mass is 197 g/mol. The predicted octanol–water partition coefficient (Wildman–Crippen LogP) is 1.91. The first-order chi connectivity index (χ1) is 6.70. The second-order valence-electron chi connectivity index (χ2n) is 5.39. The minimum atomic E-state index is -0.122. The molecule has 0 aromatic heterocycles. The minimum absolute atomic E-state index is 0.0992. The van der Waals surface area contributed by atoms with E-state index in [9.17, 15) is 5.11 Å². The van der Waals surface area contributed by atoms with Gasteiger partial charge in [0.1, 0.15) is 0 Å². The Morgan fingerprint density at radius 1 is 1.36 bits per heavy atom. The standard InChI is InChI=1S/C12H23NO/c1-9-7-12(9,8-13)11(14)10-5-3-2-4-6-10/h9-11,14H,2-8,13H2,1H3/t9-,11-,12+/m0/s1. The summed E-state index contributed by atoms with van der Waals surface area (Å²) in [6.45, 7) is 2.89. The topological polar surface area (TPSA) is 46.2 Å². The fourth-order valence-corrected chi connectivity index (χ4v) is 3.25. The number of aliphatic hydroxyl groups is 1. The van der Waals surface area contributed by atoms with Gasteiger partial charge in [-0.1, -0.05) is 26.2 Å². The van der Waals surface area contributed by atoms with Crippen molar-refractivity contribution in [3.05, 3.63) is 0 Å². The first-order valence-electron chi connectivity index (χ1n) is 6.09. The van der Waals surface area contributed by atoms with E-state index in [0.29, 0.717) is 18.4 Å². The lowest BCUT2D eigenvalue weighted by Gasteiger charge is -2.32. The second kappa shape index (κ2) is 3.82. The van der Waals surface area contributed by atoms with Gasteiger partial charge in [0.15, 0.2) is 0 Å². The van der Waals surface area contributed by atoms with Gasteiger partial charge in [-0.15, -0.1) is 0 Å². The van der Waals surface area contributed by atoms with E-state index in [1.807, 2.05) is 0 Å². The summed E-state index contributed by atoms with van der Waals surface area (Å²) in [7, 11) is 0. The molecule has 2 nitrogen and oxygen atoms in total. The summed E-state index contributed by atoms with van der Waals surface area (Å²) in [5, 5.41) is 10.4. The Bertz CT molecular complexity index is 196. The molecule has 2 aliphatic rings. The zero-order valence-corrected chi connectivity index (χ0v) is 9.21. The van der Waals surface area contributed by atoms with E-state index in [1.54, 1.807) is 0 Å². The lowest BCUT2D eigenvalue weighted by Crippen LogP contribution is -2.38. The molecule has 14 heavy (non-hydrogen) atoms. The molecular weight excluding hydrogens is 174 g/mol. The zero-order chi connectivity index (χ0) is 10.2. The largest absolute Gasteiger partial charge is 0.392 e. The van der Waals surface area contributed by atoms with E-state index in [2.05, 4.69) is 6.92 Å². The molecule has 82 valence electrons. The molecule has 0 unspecified atom stereocenters. The smallest absolute Gasteiger partial charge is 0.0639 e. The molecule has 2 fully saturated rings. The quantitative estimate of drug-likeness (QED) is 0.726. The Morgan fingerprint density at radius 3 is 2.36 bits per heavy atom. The summed E-state index contributed by atoms with van der Waals surface area (Å²) < 4.78 is 0. The Hall–Kier alpha value is -0.0800. The molecule has 0 spiro atoms. The van der Waals surface area contributed by atoms with Gasteiger partial charge in [0.25, 0.3) is 0 Å². The first kappa shape index (κ1) is 10.4. The van der Waals surface area contributed by atoms with Crippen LogP contribution in [0.25, 0.3) is 0 Å². The van der Waals surface area contributed by atoms with E-state index in [1.165, 1.54) is 32.1 Å². The lowest BCUT2D eigenvalue weighted by atomic mass is 9.78. The summed E-state index contributed by atoms with van der Waals surface area (Å²) >= 11 is 0. The maximum Gasteiger partial charge on any atom is 0.0639 e. The van der Waals surface area contributed by atoms with E-state index in [0.717, 1.165) is 6.42 Å². The van der Waals surface area contributed by atoms with Crippen molar-refractivity contribution >= 4 is 0 Å². The molecule has 3 N–H and O–H groups in total. The third-order valence-corrected chi connectivity index (χ3v) is 4.57. The highest BCUT2D eigenvalue weighted by atomic mass is 16.3. The van der Waals surface area contributed by atoms with Crippen molar-refractivity contribution in [3.63, 3.8) is 0 Å². The highest BCUT2D eigenvalue weighted by Gasteiger charge is 2.56. The molecule has 0 bridgehead atoms. The summed E-state index contributed by atoms with van der Waals surface area (Å²) in [5.41, 5.74) is 5.91. The van der Waals surface area contributed by atoms with Gasteiger partial charge in [-0.25, -0.2) is 0 Å². The predicted molar refractivity (Wildman–Crippen MR) is 57.9 cm³/mol. The van der Waals surface area contributed by atoms with Crippen LogP contribution in [0.3, 0.4) is 0 Å². The summed E-state index contributed by atoms with van der Waals surface area (Å²) in [4.78, 5) is 0. The Labute approximate surface area is 86.9 Å². The molecule has 0 aliphatic heterocycles. The normalized spacial score (nSPS) is 40.9. The van der Waals surface area contributed by atoms with Gasteiger partial charge >= 0.3 is 0 Å². The first-order valence-corrected chi connectivity index (χ1v) is 6.09. The maximum absolute atomic E-state index is 10.4. The van der Waals surface area contributed by atoms with Crippen LogP contribution in [0.15, 0.2) is 0 Å². The average Bonchev–Trinajstić information content (AvgIpc) is 2.91. The number of aliphatic hydroxyl groups excluding tert-OH is 1. The van der Waals surface area contributed by atoms with Crippen LogP contribution in [0.5, 0.6) is 0 Å². The van der Waals surface area contributed by atoms with Crippen LogP contribution in [0.1, 0.15) is 45.4 Å². The van der Waals surface area contributed by atoms with Gasteiger partial charge in [-0.3, -0.25) is 0 Å². The molecule has 0 radical (unpaired) electrons. The molecule has 2 aliphatic carbocycles. The Morgan fingerprint density at radius 2 is 1.93 bits per heavy atom. The van der Waals surface area contributed by atoms with Gasteiger partial charge in [0.2, 0.25) is 0 Å². The molecule has 2 rings (SSSR count). The van der Waals surface area contributed by atoms with Crippen LogP contribution < -0.4 is 5.73 Å². The van der Waals surface area contributed by atoms with Crippen molar-refractivity contribution in [2.45, 2.75) is 51.6 Å². The summed E-state index contributed by atoms with van der Waals surface area (Å²) in [5.74, 6) is 1.18. The van der Waals surface area contributed by atoms with Crippen LogP contribution in [-0.4, -0.2) is 17.8 Å². The summed E-state index contributed by atoms with van der Waals surface area (Å²) in [6.07, 6.45) is 7.41. The molecule has 0 heterocycles. The van der Waals surface area contributed by atoms with Crippen LogP contribution in [-0.2, 0) is 0 Å². The third kappa shape index (κ3) is 1.59. The van der Waals surface area contributed by atoms with Gasteiger partial charge in [0, 0.05) is 12.0 Å². The molecule has 3 atom stereocenters. The average molecular weight is 197 g/mol. The van der Waals surface area contributed by atoms with Gasteiger partial charge in [0.05, 0.1) is 6.10 Å². The number of hydrogen-bond donors (Lipinski definition) is 2. The molecular formula is C12H23NO. The molecule has 0 saturated heterocycles. The third-order valence-electron chi connectivity index (χ3n) is 4.57.